The van der Waals surface area contributed by atoms with Crippen molar-refractivity contribution >= 4 is 28.3 Å². The van der Waals surface area contributed by atoms with E-state index in [1.54, 1.807) is 23.0 Å². The first kappa shape index (κ1) is 27.2. The Morgan fingerprint density at radius 2 is 1.76 bits per heavy atom. The number of fused-ring (bicyclic) bond motifs is 2. The van der Waals surface area contributed by atoms with Gasteiger partial charge in [0.2, 0.25) is 0 Å². The van der Waals surface area contributed by atoms with Crippen LogP contribution in [0.15, 0.2) is 43.0 Å². The molecule has 0 spiro atoms. The van der Waals surface area contributed by atoms with Gasteiger partial charge in [-0.1, -0.05) is 0 Å². The Morgan fingerprint density at radius 3 is 2.46 bits per heavy atom. The van der Waals surface area contributed by atoms with Crippen LogP contribution in [0, 0.1) is 5.82 Å². The molecular weight excluding hydrogens is 525 g/mol. The van der Waals surface area contributed by atoms with Crippen molar-refractivity contribution in [2.45, 2.75) is 45.3 Å². The summed E-state index contributed by atoms with van der Waals surface area (Å²) in [6.07, 6.45) is 9.27. The lowest BCUT2D eigenvalue weighted by Gasteiger charge is -2.43. The zero-order valence-corrected chi connectivity index (χ0v) is 24.0. The predicted octanol–water partition coefficient (Wildman–Crippen LogP) is 4.61. The molecule has 0 bridgehead atoms. The number of hydrogen-bond acceptors (Lipinski definition) is 8. The number of amides is 1. The van der Waals surface area contributed by atoms with Crippen LogP contribution in [0.25, 0.3) is 27.7 Å². The number of piperidine rings is 1. The van der Waals surface area contributed by atoms with E-state index in [-0.39, 0.29) is 11.8 Å². The van der Waals surface area contributed by atoms with Gasteiger partial charge in [-0.25, -0.2) is 18.7 Å². The summed E-state index contributed by atoms with van der Waals surface area (Å²) < 4.78 is 26.8. The van der Waals surface area contributed by atoms with E-state index in [0.29, 0.717) is 24.6 Å². The van der Waals surface area contributed by atoms with Crippen molar-refractivity contribution in [1.82, 2.24) is 29.4 Å². The largest absolute Gasteiger partial charge is 0.494 e. The van der Waals surface area contributed by atoms with Gasteiger partial charge in [-0.3, -0.25) is 9.88 Å². The van der Waals surface area contributed by atoms with Gasteiger partial charge >= 0.3 is 6.09 Å². The molecule has 0 saturated carbocycles. The Balaban J connectivity index is 1.12. The van der Waals surface area contributed by atoms with Crippen LogP contribution in [0.3, 0.4) is 0 Å². The van der Waals surface area contributed by atoms with Crippen molar-refractivity contribution in [2.24, 2.45) is 0 Å². The van der Waals surface area contributed by atoms with Crippen LogP contribution in [-0.2, 0) is 4.74 Å². The van der Waals surface area contributed by atoms with E-state index in [1.165, 1.54) is 13.2 Å². The fraction of sp³-hybridized carbons (Fsp3) is 0.467. The minimum atomic E-state index is -0.473. The van der Waals surface area contributed by atoms with Gasteiger partial charge in [0.15, 0.2) is 17.2 Å². The monoisotopic (exact) mass is 561 g/mol. The molecule has 6 rings (SSSR count). The quantitative estimate of drug-likeness (QED) is 0.357. The Kier molecular flexibility index (Phi) is 7.14. The van der Waals surface area contributed by atoms with Crippen LogP contribution in [0.5, 0.6) is 5.75 Å². The maximum atomic E-state index is 14.3. The zero-order chi connectivity index (χ0) is 28.7. The molecule has 0 N–H and O–H groups in total. The van der Waals surface area contributed by atoms with Crippen molar-refractivity contribution < 1.29 is 18.7 Å². The number of aromatic nitrogens is 4. The molecule has 41 heavy (non-hydrogen) atoms. The number of anilines is 1. The summed E-state index contributed by atoms with van der Waals surface area (Å²) in [7, 11) is 1.45. The van der Waals surface area contributed by atoms with E-state index < -0.39 is 11.4 Å². The fourth-order valence-electron chi connectivity index (χ4n) is 5.84. The maximum Gasteiger partial charge on any atom is 0.410 e. The van der Waals surface area contributed by atoms with Gasteiger partial charge < -0.3 is 19.3 Å². The Hall–Kier alpha value is -3.99. The summed E-state index contributed by atoms with van der Waals surface area (Å²) in [6.45, 7) is 10.7. The summed E-state index contributed by atoms with van der Waals surface area (Å²) in [5.74, 6) is -0.272. The number of nitrogens with zero attached hydrogens (tertiary/aromatic N) is 7. The number of benzene rings is 1. The van der Waals surface area contributed by atoms with Crippen molar-refractivity contribution in [3.05, 3.63) is 48.8 Å². The molecule has 2 aliphatic rings. The van der Waals surface area contributed by atoms with E-state index in [2.05, 4.69) is 19.9 Å². The predicted molar refractivity (Wildman–Crippen MR) is 155 cm³/mol. The molecule has 1 aromatic carbocycles. The second-order valence-electron chi connectivity index (χ2n) is 11.7. The number of hydrogen-bond donors (Lipinski definition) is 0. The van der Waals surface area contributed by atoms with Crippen LogP contribution in [0.2, 0.25) is 0 Å². The Bertz CT molecular complexity index is 1570. The molecule has 216 valence electrons. The minimum absolute atomic E-state index is 0.173. The highest BCUT2D eigenvalue weighted by molar-refractivity contribution is 5.98. The lowest BCUT2D eigenvalue weighted by Crippen LogP contribution is -2.55. The third-order valence-corrected chi connectivity index (χ3v) is 7.96. The first-order chi connectivity index (χ1) is 19.7. The molecule has 11 heteroatoms. The zero-order valence-electron chi connectivity index (χ0n) is 24.0. The molecule has 3 aromatic heterocycles. The van der Waals surface area contributed by atoms with Gasteiger partial charge in [-0.05, 0) is 51.3 Å². The molecule has 0 atom stereocenters. The van der Waals surface area contributed by atoms with E-state index in [9.17, 15) is 9.18 Å². The Labute approximate surface area is 238 Å². The molecule has 10 nitrogen and oxygen atoms in total. The average molecular weight is 562 g/mol. The summed E-state index contributed by atoms with van der Waals surface area (Å²) in [5, 5.41) is 5.38. The van der Waals surface area contributed by atoms with Crippen LogP contribution in [-0.4, -0.2) is 93.5 Å². The standard InChI is InChI=1S/C30H36FN7O3/c1-30(2,3)41-29(39)37-13-11-36(12-14-37)20-6-9-35(10-7-20)21-17-33-28-24(18-34-38(28)19-21)22-5-8-32-26-16-25(31)27(40-4)15-23(22)26/h5,8,15-20H,6-7,9-14H2,1-4H3. The molecule has 4 aromatic rings. The number of carbonyl (C=O) groups is 1. The highest BCUT2D eigenvalue weighted by Gasteiger charge is 2.31. The molecule has 2 saturated heterocycles. The maximum absolute atomic E-state index is 14.3. The molecule has 2 fully saturated rings. The molecule has 5 heterocycles. The van der Waals surface area contributed by atoms with Gasteiger partial charge in [0, 0.05) is 68.5 Å². The lowest BCUT2D eigenvalue weighted by atomic mass is 10.0. The normalized spacial score (nSPS) is 17.4. The molecule has 0 unspecified atom stereocenters. The van der Waals surface area contributed by atoms with Gasteiger partial charge in [-0.15, -0.1) is 0 Å². The van der Waals surface area contributed by atoms with E-state index in [1.807, 2.05) is 44.1 Å². The second-order valence-corrected chi connectivity index (χ2v) is 11.7. The Morgan fingerprint density at radius 1 is 1.00 bits per heavy atom. The van der Waals surface area contributed by atoms with Gasteiger partial charge in [0.1, 0.15) is 5.60 Å². The lowest BCUT2D eigenvalue weighted by molar-refractivity contribution is 0.00902. The van der Waals surface area contributed by atoms with E-state index >= 15 is 0 Å². The van der Waals surface area contributed by atoms with Gasteiger partial charge in [0.05, 0.1) is 36.9 Å². The minimum Gasteiger partial charge on any atom is -0.494 e. The number of halogens is 1. The number of piperazine rings is 1. The number of rotatable bonds is 4. The summed E-state index contributed by atoms with van der Waals surface area (Å²) >= 11 is 0. The number of methoxy groups -OCH3 is 1. The third-order valence-electron chi connectivity index (χ3n) is 7.96. The SMILES string of the molecule is COc1cc2c(-c3cnn4cc(N5CCC(N6CCN(C(=O)OC(C)(C)C)CC6)CC5)cnc34)ccnc2cc1F. The van der Waals surface area contributed by atoms with Crippen molar-refractivity contribution in [2.75, 3.05) is 51.3 Å². The highest BCUT2D eigenvalue weighted by Crippen LogP contribution is 2.34. The summed E-state index contributed by atoms with van der Waals surface area (Å²) in [6, 6.07) is 5.46. The van der Waals surface area contributed by atoms with Crippen LogP contribution in [0.1, 0.15) is 33.6 Å². The topological polar surface area (TPSA) is 88.3 Å². The number of pyridine rings is 1. The molecular formula is C30H36FN7O3. The van der Waals surface area contributed by atoms with Crippen molar-refractivity contribution in [3.8, 4) is 16.9 Å². The van der Waals surface area contributed by atoms with Crippen LogP contribution >= 0.6 is 0 Å². The van der Waals surface area contributed by atoms with Gasteiger partial charge in [0.25, 0.3) is 0 Å². The molecule has 1 amide bonds. The van der Waals surface area contributed by atoms with Crippen LogP contribution in [0.4, 0.5) is 14.9 Å². The third kappa shape index (κ3) is 5.50. The number of carbonyl (C=O) groups excluding carboxylic acids is 1. The fourth-order valence-corrected chi connectivity index (χ4v) is 5.84. The van der Waals surface area contributed by atoms with Crippen LogP contribution < -0.4 is 9.64 Å². The number of ether oxygens (including phenoxy) is 2. The van der Waals surface area contributed by atoms with E-state index in [0.717, 1.165) is 66.9 Å². The summed E-state index contributed by atoms with van der Waals surface area (Å²) in [4.78, 5) is 28.2. The molecule has 0 radical (unpaired) electrons. The van der Waals surface area contributed by atoms with Crippen molar-refractivity contribution in [3.63, 3.8) is 0 Å². The smallest absolute Gasteiger partial charge is 0.410 e. The first-order valence-corrected chi connectivity index (χ1v) is 14.1. The molecule has 2 aliphatic heterocycles. The molecule has 0 aliphatic carbocycles. The average Bonchev–Trinajstić information content (AvgIpc) is 3.39. The highest BCUT2D eigenvalue weighted by atomic mass is 19.1. The summed E-state index contributed by atoms with van der Waals surface area (Å²) in [5.41, 5.74) is 3.55. The van der Waals surface area contributed by atoms with Crippen molar-refractivity contribution in [1.29, 1.82) is 0 Å². The second kappa shape index (κ2) is 10.8. The van der Waals surface area contributed by atoms with E-state index in [4.69, 9.17) is 14.5 Å². The first-order valence-electron chi connectivity index (χ1n) is 14.1. The van der Waals surface area contributed by atoms with Gasteiger partial charge in [-0.2, -0.15) is 5.10 Å².